The Morgan fingerprint density at radius 3 is 0.811 bits per heavy atom. The van der Waals surface area contributed by atoms with Gasteiger partial charge in [0.15, 0.2) is 0 Å². The highest BCUT2D eigenvalue weighted by Gasteiger charge is 2.28. The average molecular weight is 1040 g/mol. The molecule has 0 aromatic carbocycles. The van der Waals surface area contributed by atoms with Gasteiger partial charge in [-0.1, -0.05) is 334 Å². The maximum Gasteiger partial charge on any atom is 0.249 e. The van der Waals surface area contributed by atoms with Gasteiger partial charge in [0.2, 0.25) is 5.91 Å². The third kappa shape index (κ3) is 55.5. The van der Waals surface area contributed by atoms with E-state index in [0.717, 1.165) is 38.5 Å². The molecule has 74 heavy (non-hydrogen) atoms. The van der Waals surface area contributed by atoms with Gasteiger partial charge in [-0.05, 0) is 64.2 Å². The van der Waals surface area contributed by atoms with Gasteiger partial charge in [0.05, 0.1) is 18.8 Å². The van der Waals surface area contributed by atoms with Gasteiger partial charge in [-0.2, -0.15) is 0 Å². The Labute approximate surface area is 463 Å². The summed E-state index contributed by atoms with van der Waals surface area (Å²) in [5, 5.41) is 44.2. The first-order valence-electron chi connectivity index (χ1n) is 33.7. The lowest BCUT2D eigenvalue weighted by Gasteiger charge is -2.27. The highest BCUT2D eigenvalue weighted by atomic mass is 16.3. The number of amides is 1. The number of hydrogen-bond donors (Lipinski definition) is 5. The van der Waals surface area contributed by atoms with Gasteiger partial charge in [0.1, 0.15) is 12.2 Å². The molecule has 6 nitrogen and oxygen atoms in total. The van der Waals surface area contributed by atoms with Gasteiger partial charge in [0.25, 0.3) is 0 Å². The zero-order chi connectivity index (χ0) is 53.7. The van der Waals surface area contributed by atoms with Crippen LogP contribution in [-0.2, 0) is 4.79 Å². The van der Waals surface area contributed by atoms with Crippen molar-refractivity contribution in [2.45, 2.75) is 398 Å². The standard InChI is InChI=1S/C68H133NO5/c1-3-5-7-9-11-13-15-17-19-21-23-25-27-29-31-33-35-37-39-41-43-45-47-49-51-53-55-57-59-61-65(71)67(73)64(63-70)69-68(74)66(72)62-60-58-56-54-52-50-48-46-44-42-40-38-36-34-32-30-28-26-24-22-20-18-16-14-12-10-8-6-4-2/h30,32,53,55,64-67,70-73H,3-29,31,33-52,54,56-63H2,1-2H3,(H,69,74)/b32-30-,55-53+. The van der Waals surface area contributed by atoms with Crippen molar-refractivity contribution in [2.75, 3.05) is 6.61 Å². The number of aliphatic hydroxyl groups excluding tert-OH is 4. The number of rotatable bonds is 63. The molecule has 0 saturated heterocycles. The molecule has 0 fully saturated rings. The van der Waals surface area contributed by atoms with E-state index in [1.54, 1.807) is 0 Å². The molecule has 5 N–H and O–H groups in total. The Kier molecular flexibility index (Phi) is 61.6. The molecule has 0 heterocycles. The Balaban J connectivity index is 3.58. The lowest BCUT2D eigenvalue weighted by atomic mass is 10.00. The molecule has 440 valence electrons. The minimum absolute atomic E-state index is 0.365. The summed E-state index contributed by atoms with van der Waals surface area (Å²) < 4.78 is 0. The largest absolute Gasteiger partial charge is 0.394 e. The van der Waals surface area contributed by atoms with E-state index in [0.29, 0.717) is 12.8 Å². The van der Waals surface area contributed by atoms with Crippen molar-refractivity contribution in [3.63, 3.8) is 0 Å². The van der Waals surface area contributed by atoms with Crippen molar-refractivity contribution in [1.29, 1.82) is 0 Å². The molecule has 0 aliphatic carbocycles. The molecule has 0 aliphatic rings. The molecule has 4 atom stereocenters. The van der Waals surface area contributed by atoms with Crippen LogP contribution in [-0.4, -0.2) is 57.3 Å². The number of carbonyl (C=O) groups is 1. The molecule has 0 aromatic heterocycles. The van der Waals surface area contributed by atoms with E-state index in [-0.39, 0.29) is 0 Å². The topological polar surface area (TPSA) is 110 Å². The molecule has 6 heteroatoms. The smallest absolute Gasteiger partial charge is 0.249 e. The fourth-order valence-electron chi connectivity index (χ4n) is 10.9. The normalized spacial score (nSPS) is 13.6. The lowest BCUT2D eigenvalue weighted by Crippen LogP contribution is -2.53. The predicted molar refractivity (Wildman–Crippen MR) is 325 cm³/mol. The van der Waals surface area contributed by atoms with E-state index >= 15 is 0 Å². The van der Waals surface area contributed by atoms with Crippen molar-refractivity contribution < 1.29 is 25.2 Å². The van der Waals surface area contributed by atoms with Gasteiger partial charge >= 0.3 is 0 Å². The zero-order valence-corrected chi connectivity index (χ0v) is 50.1. The molecular formula is C68H133NO5. The lowest BCUT2D eigenvalue weighted by molar-refractivity contribution is -0.132. The fourth-order valence-corrected chi connectivity index (χ4v) is 10.9. The van der Waals surface area contributed by atoms with E-state index < -0.39 is 36.9 Å². The molecule has 0 bridgehead atoms. The maximum absolute atomic E-state index is 12.6. The predicted octanol–water partition coefficient (Wildman–Crippen LogP) is 20.5. The van der Waals surface area contributed by atoms with Crippen LogP contribution in [0.5, 0.6) is 0 Å². The third-order valence-electron chi connectivity index (χ3n) is 16.1. The maximum atomic E-state index is 12.6. The van der Waals surface area contributed by atoms with Crippen LogP contribution in [0, 0.1) is 0 Å². The summed E-state index contributed by atoms with van der Waals surface area (Å²) in [7, 11) is 0. The molecule has 0 aliphatic heterocycles. The molecule has 0 spiro atoms. The van der Waals surface area contributed by atoms with Crippen molar-refractivity contribution in [3.8, 4) is 0 Å². The first kappa shape index (κ1) is 72.8. The average Bonchev–Trinajstić information content (AvgIpc) is 3.41. The minimum Gasteiger partial charge on any atom is -0.394 e. The van der Waals surface area contributed by atoms with Crippen molar-refractivity contribution in [1.82, 2.24) is 5.32 Å². The van der Waals surface area contributed by atoms with E-state index in [9.17, 15) is 25.2 Å². The minimum atomic E-state index is -1.28. The van der Waals surface area contributed by atoms with Crippen LogP contribution < -0.4 is 5.32 Å². The summed E-state index contributed by atoms with van der Waals surface area (Å²) in [6.45, 7) is 4.10. The highest BCUT2D eigenvalue weighted by molar-refractivity contribution is 5.80. The number of hydrogen-bond acceptors (Lipinski definition) is 5. The Bertz CT molecular complexity index is 1130. The Hall–Kier alpha value is -1.21. The second-order valence-corrected chi connectivity index (χ2v) is 23.5. The highest BCUT2D eigenvalue weighted by Crippen LogP contribution is 2.19. The molecule has 0 rings (SSSR count). The molecule has 0 saturated carbocycles. The molecule has 1 amide bonds. The van der Waals surface area contributed by atoms with E-state index in [2.05, 4.69) is 43.5 Å². The van der Waals surface area contributed by atoms with Crippen LogP contribution in [0.15, 0.2) is 24.3 Å². The van der Waals surface area contributed by atoms with Gasteiger partial charge < -0.3 is 25.7 Å². The molecule has 4 unspecified atom stereocenters. The summed E-state index contributed by atoms with van der Waals surface area (Å²) in [4.78, 5) is 12.6. The van der Waals surface area contributed by atoms with Crippen LogP contribution in [0.3, 0.4) is 0 Å². The summed E-state index contributed by atoms with van der Waals surface area (Å²) >= 11 is 0. The van der Waals surface area contributed by atoms with Crippen LogP contribution in [0.4, 0.5) is 0 Å². The van der Waals surface area contributed by atoms with Crippen molar-refractivity contribution in [2.24, 2.45) is 0 Å². The molecule has 0 radical (unpaired) electrons. The SMILES string of the molecule is CCCCCCCCCCCCCC/C=C\CCCCCCCCCCCCCCCC(O)C(=O)NC(CO)C(O)C(O)CCC/C=C/CCCCCCCCCCCCCCCCCCCCCCCCCC. The molecular weight excluding hydrogens is 911 g/mol. The van der Waals surface area contributed by atoms with E-state index in [1.807, 2.05) is 0 Å². The number of allylic oxidation sites excluding steroid dienone is 4. The summed E-state index contributed by atoms with van der Waals surface area (Å²) in [5.74, 6) is -0.587. The van der Waals surface area contributed by atoms with Gasteiger partial charge in [-0.3, -0.25) is 4.79 Å². The van der Waals surface area contributed by atoms with Gasteiger partial charge in [0, 0.05) is 0 Å². The number of nitrogens with one attached hydrogen (secondary N) is 1. The Morgan fingerprint density at radius 2 is 0.554 bits per heavy atom. The van der Waals surface area contributed by atoms with Crippen LogP contribution in [0.1, 0.15) is 373 Å². The van der Waals surface area contributed by atoms with E-state index in [4.69, 9.17) is 0 Å². The fraction of sp³-hybridized carbons (Fsp3) is 0.926. The first-order valence-corrected chi connectivity index (χ1v) is 33.7. The monoisotopic (exact) mass is 1040 g/mol. The zero-order valence-electron chi connectivity index (χ0n) is 50.1. The number of carbonyl (C=O) groups excluding carboxylic acids is 1. The third-order valence-corrected chi connectivity index (χ3v) is 16.1. The summed E-state index contributed by atoms with van der Waals surface area (Å²) in [6, 6.07) is -1.00. The van der Waals surface area contributed by atoms with Crippen LogP contribution in [0.2, 0.25) is 0 Å². The number of unbranched alkanes of at least 4 members (excludes halogenated alkanes) is 50. The van der Waals surface area contributed by atoms with Crippen LogP contribution >= 0.6 is 0 Å². The summed E-state index contributed by atoms with van der Waals surface area (Å²) in [6.07, 6.45) is 78.7. The quantitative estimate of drug-likeness (QED) is 0.0308. The van der Waals surface area contributed by atoms with Crippen molar-refractivity contribution >= 4 is 5.91 Å². The summed E-state index contributed by atoms with van der Waals surface area (Å²) in [5.41, 5.74) is 0. The van der Waals surface area contributed by atoms with Gasteiger partial charge in [-0.15, -0.1) is 0 Å². The second kappa shape index (κ2) is 62.6. The number of aliphatic hydroxyl groups is 4. The first-order chi connectivity index (χ1) is 36.5. The van der Waals surface area contributed by atoms with E-state index in [1.165, 1.54) is 308 Å². The van der Waals surface area contributed by atoms with Crippen molar-refractivity contribution in [3.05, 3.63) is 24.3 Å². The van der Waals surface area contributed by atoms with Gasteiger partial charge in [-0.25, -0.2) is 0 Å². The Morgan fingerprint density at radius 1 is 0.324 bits per heavy atom. The second-order valence-electron chi connectivity index (χ2n) is 23.5. The molecule has 0 aromatic rings. The van der Waals surface area contributed by atoms with Crippen LogP contribution in [0.25, 0.3) is 0 Å².